The van der Waals surface area contributed by atoms with Gasteiger partial charge in [-0.3, -0.25) is 0 Å². The molecule has 0 amide bonds. The molecule has 0 aliphatic rings. The van der Waals surface area contributed by atoms with Crippen LogP contribution < -0.4 is 9.47 Å². The molecule has 176 valence electrons. The maximum atomic E-state index is 6.03. The van der Waals surface area contributed by atoms with E-state index in [-0.39, 0.29) is 13.6 Å². The van der Waals surface area contributed by atoms with Gasteiger partial charge in [0, 0.05) is 18.8 Å². The zero-order valence-electron chi connectivity index (χ0n) is 20.7. The second-order valence-electron chi connectivity index (χ2n) is 8.11. The van der Waals surface area contributed by atoms with Gasteiger partial charge < -0.3 is 18.9 Å². The van der Waals surface area contributed by atoms with E-state index in [0.29, 0.717) is 13.2 Å². The van der Waals surface area contributed by atoms with Gasteiger partial charge in [0.05, 0.1) is 0 Å². The van der Waals surface area contributed by atoms with Crippen LogP contribution in [0.15, 0.2) is 35.4 Å². The highest BCUT2D eigenvalue weighted by molar-refractivity contribution is 5.49. The molecular weight excluding hydrogens is 388 g/mol. The van der Waals surface area contributed by atoms with E-state index in [9.17, 15) is 0 Å². The van der Waals surface area contributed by atoms with Crippen molar-refractivity contribution in [2.45, 2.75) is 86.5 Å². The van der Waals surface area contributed by atoms with E-state index in [1.165, 1.54) is 29.6 Å². The van der Waals surface area contributed by atoms with Crippen molar-refractivity contribution >= 4 is 0 Å². The summed E-state index contributed by atoms with van der Waals surface area (Å²) in [6.45, 7) is 14.4. The Morgan fingerprint density at radius 1 is 0.839 bits per heavy atom. The summed E-state index contributed by atoms with van der Waals surface area (Å²) in [5.41, 5.74) is 5.03. The van der Waals surface area contributed by atoms with Crippen molar-refractivity contribution in [3.05, 3.63) is 46.6 Å². The maximum Gasteiger partial charge on any atom is 0.189 e. The predicted molar refractivity (Wildman–Crippen MR) is 130 cm³/mol. The van der Waals surface area contributed by atoms with Crippen LogP contribution in [-0.4, -0.2) is 26.8 Å². The fraction of sp³-hybridized carbons (Fsp3) is 0.630. The monoisotopic (exact) mass is 432 g/mol. The number of aryl methyl sites for hydroxylation is 1. The van der Waals surface area contributed by atoms with Gasteiger partial charge in [0.15, 0.2) is 13.6 Å². The lowest BCUT2D eigenvalue weighted by Gasteiger charge is -2.18. The van der Waals surface area contributed by atoms with E-state index >= 15 is 0 Å². The summed E-state index contributed by atoms with van der Waals surface area (Å²) in [6.07, 6.45) is 12.1. The highest BCUT2D eigenvalue weighted by Gasteiger charge is 2.14. The number of hydrogen-bond donors (Lipinski definition) is 0. The summed E-state index contributed by atoms with van der Waals surface area (Å²) < 4.78 is 23.0. The number of ether oxygens (including phenoxy) is 4. The summed E-state index contributed by atoms with van der Waals surface area (Å²) in [6, 6.07) is 4.31. The Kier molecular flexibility index (Phi) is 14.8. The number of rotatable bonds is 17. The molecule has 1 aromatic carbocycles. The van der Waals surface area contributed by atoms with Crippen LogP contribution in [0.4, 0.5) is 0 Å². The first kappa shape index (κ1) is 27.3. The van der Waals surface area contributed by atoms with E-state index < -0.39 is 0 Å². The zero-order valence-corrected chi connectivity index (χ0v) is 20.7. The van der Waals surface area contributed by atoms with Crippen LogP contribution in [0.1, 0.15) is 84.8 Å². The number of benzene rings is 1. The molecule has 0 bridgehead atoms. The van der Waals surface area contributed by atoms with Crippen molar-refractivity contribution in [1.82, 2.24) is 0 Å². The Morgan fingerprint density at radius 2 is 1.45 bits per heavy atom. The molecule has 31 heavy (non-hydrogen) atoms. The first-order chi connectivity index (χ1) is 15.0. The Hall–Kier alpha value is -1.78. The minimum atomic E-state index is 0.246. The second kappa shape index (κ2) is 16.9. The number of unbranched alkanes of at least 4 members (excludes halogenated alkanes) is 2. The highest BCUT2D eigenvalue weighted by atomic mass is 16.7. The van der Waals surface area contributed by atoms with E-state index in [0.717, 1.165) is 49.2 Å². The molecule has 0 N–H and O–H groups in total. The van der Waals surface area contributed by atoms with Crippen LogP contribution in [0.5, 0.6) is 11.5 Å². The fourth-order valence-electron chi connectivity index (χ4n) is 3.20. The lowest BCUT2D eigenvalue weighted by molar-refractivity contribution is 0.0171. The van der Waals surface area contributed by atoms with Crippen LogP contribution in [0, 0.1) is 0 Å². The van der Waals surface area contributed by atoms with Gasteiger partial charge in [0.2, 0.25) is 0 Å². The molecule has 0 atom stereocenters. The van der Waals surface area contributed by atoms with Gasteiger partial charge in [0.25, 0.3) is 0 Å². The van der Waals surface area contributed by atoms with Crippen LogP contribution >= 0.6 is 0 Å². The van der Waals surface area contributed by atoms with Gasteiger partial charge in [-0.1, -0.05) is 43.1 Å². The molecule has 0 heterocycles. The Morgan fingerprint density at radius 3 is 1.97 bits per heavy atom. The van der Waals surface area contributed by atoms with E-state index in [4.69, 9.17) is 18.9 Å². The second-order valence-corrected chi connectivity index (χ2v) is 8.11. The molecule has 0 saturated heterocycles. The molecule has 4 heteroatoms. The minimum Gasteiger partial charge on any atom is -0.467 e. The fourth-order valence-corrected chi connectivity index (χ4v) is 3.20. The first-order valence-electron chi connectivity index (χ1n) is 11.9. The molecule has 0 aliphatic carbocycles. The van der Waals surface area contributed by atoms with Gasteiger partial charge in [-0.05, 0) is 84.4 Å². The normalized spacial score (nSPS) is 11.5. The zero-order chi connectivity index (χ0) is 22.9. The Labute approximate surface area is 190 Å². The molecule has 4 nitrogen and oxygen atoms in total. The predicted octanol–water partition coefficient (Wildman–Crippen LogP) is 7.40. The van der Waals surface area contributed by atoms with Crippen LogP contribution in [-0.2, 0) is 22.3 Å². The van der Waals surface area contributed by atoms with E-state index in [2.05, 4.69) is 52.0 Å². The molecule has 0 radical (unpaired) electrons. The average molecular weight is 433 g/mol. The van der Waals surface area contributed by atoms with Crippen molar-refractivity contribution in [3.8, 4) is 11.5 Å². The van der Waals surface area contributed by atoms with Crippen molar-refractivity contribution in [2.24, 2.45) is 0 Å². The van der Waals surface area contributed by atoms with Crippen LogP contribution in [0.2, 0.25) is 0 Å². The largest absolute Gasteiger partial charge is 0.467 e. The van der Waals surface area contributed by atoms with Gasteiger partial charge >= 0.3 is 0 Å². The number of allylic oxidation sites excluding steroid dienone is 4. The molecule has 0 aliphatic heterocycles. The Balaban J connectivity index is 3.12. The van der Waals surface area contributed by atoms with Crippen molar-refractivity contribution < 1.29 is 18.9 Å². The summed E-state index contributed by atoms with van der Waals surface area (Å²) in [5, 5.41) is 0. The van der Waals surface area contributed by atoms with Crippen LogP contribution in [0.25, 0.3) is 0 Å². The summed E-state index contributed by atoms with van der Waals surface area (Å²) in [5.74, 6) is 1.70. The van der Waals surface area contributed by atoms with Gasteiger partial charge in [-0.15, -0.1) is 0 Å². The SMILES string of the molecule is CCCCCc1cc(OCOCC)c(CC=C(C)CCC=C(C)C)c(OCOCC)c1. The summed E-state index contributed by atoms with van der Waals surface area (Å²) >= 11 is 0. The standard InChI is InChI=1S/C27H44O4/c1-7-10-11-15-24-18-26(30-20-28-8-2)25(27(19-24)31-21-29-9-3)17-16-23(6)14-12-13-22(4)5/h13,16,18-19H,7-12,14-15,17,20-21H2,1-6H3. The van der Waals surface area contributed by atoms with Crippen molar-refractivity contribution in [1.29, 1.82) is 0 Å². The molecule has 1 rings (SSSR count). The summed E-state index contributed by atoms with van der Waals surface area (Å²) in [7, 11) is 0. The molecule has 1 aromatic rings. The van der Waals surface area contributed by atoms with E-state index in [1.54, 1.807) is 0 Å². The van der Waals surface area contributed by atoms with E-state index in [1.807, 2.05) is 13.8 Å². The topological polar surface area (TPSA) is 36.9 Å². The Bertz CT molecular complexity index is 641. The minimum absolute atomic E-state index is 0.246. The van der Waals surface area contributed by atoms with Crippen LogP contribution in [0.3, 0.4) is 0 Å². The lowest BCUT2D eigenvalue weighted by atomic mass is 10.00. The van der Waals surface area contributed by atoms with Crippen molar-refractivity contribution in [3.63, 3.8) is 0 Å². The van der Waals surface area contributed by atoms with Gasteiger partial charge in [0.1, 0.15) is 11.5 Å². The number of hydrogen-bond acceptors (Lipinski definition) is 4. The first-order valence-corrected chi connectivity index (χ1v) is 11.9. The molecule has 0 saturated carbocycles. The van der Waals surface area contributed by atoms with Crippen molar-refractivity contribution in [2.75, 3.05) is 26.8 Å². The van der Waals surface area contributed by atoms with Gasteiger partial charge in [-0.2, -0.15) is 0 Å². The average Bonchev–Trinajstić information content (AvgIpc) is 2.73. The lowest BCUT2D eigenvalue weighted by Crippen LogP contribution is -2.09. The molecule has 0 unspecified atom stereocenters. The molecule has 0 fully saturated rings. The third-order valence-corrected chi connectivity index (χ3v) is 5.05. The molecular formula is C27H44O4. The quantitative estimate of drug-likeness (QED) is 0.146. The smallest absolute Gasteiger partial charge is 0.189 e. The molecule has 0 aromatic heterocycles. The van der Waals surface area contributed by atoms with Gasteiger partial charge in [-0.25, -0.2) is 0 Å². The summed E-state index contributed by atoms with van der Waals surface area (Å²) in [4.78, 5) is 0. The maximum absolute atomic E-state index is 6.03. The molecule has 0 spiro atoms. The highest BCUT2D eigenvalue weighted by Crippen LogP contribution is 2.33. The third kappa shape index (κ3) is 12.0. The third-order valence-electron chi connectivity index (χ3n) is 5.05.